The van der Waals surface area contributed by atoms with E-state index >= 15 is 0 Å². The van der Waals surface area contributed by atoms with Crippen LogP contribution in [0, 0.1) is 10.1 Å². The van der Waals surface area contributed by atoms with E-state index in [0.29, 0.717) is 0 Å². The largest absolute Gasteiger partial charge is 0.291 e. The average molecular weight is 312 g/mol. The van der Waals surface area contributed by atoms with E-state index in [1.165, 1.54) is 24.5 Å². The number of anilines is 1. The van der Waals surface area contributed by atoms with Crippen LogP contribution in [0.25, 0.3) is 0 Å². The topological polar surface area (TPSA) is 114 Å². The van der Waals surface area contributed by atoms with Crippen LogP contribution in [-0.2, 0) is 0 Å². The number of aromatic amines is 1. The van der Waals surface area contributed by atoms with Crippen LogP contribution in [0.5, 0.6) is 0 Å². The summed E-state index contributed by atoms with van der Waals surface area (Å²) < 4.78 is 0.118. The zero-order valence-electron chi connectivity index (χ0n) is 8.75. The second-order valence-corrected chi connectivity index (χ2v) is 3.98. The highest BCUT2D eigenvalue weighted by atomic mass is 79.9. The fourth-order valence-corrected chi connectivity index (χ4v) is 1.87. The third kappa shape index (κ3) is 2.35. The van der Waals surface area contributed by atoms with Crippen LogP contribution in [0.2, 0.25) is 0 Å². The molecule has 0 aliphatic rings. The van der Waals surface area contributed by atoms with Gasteiger partial charge in [-0.15, -0.1) is 0 Å². The van der Waals surface area contributed by atoms with Crippen molar-refractivity contribution in [2.24, 2.45) is 0 Å². The third-order valence-corrected chi connectivity index (χ3v) is 2.90. The molecule has 9 heteroatoms. The highest BCUT2D eigenvalue weighted by Gasteiger charge is 2.19. The number of benzene rings is 1. The highest BCUT2D eigenvalue weighted by Crippen LogP contribution is 2.28. The quantitative estimate of drug-likeness (QED) is 0.661. The molecular formula is C9H6BrN5O3. The Bertz CT molecular complexity index is 598. The summed E-state index contributed by atoms with van der Waals surface area (Å²) in [6.07, 6.45) is 1.23. The summed E-state index contributed by atoms with van der Waals surface area (Å²) in [7, 11) is 0. The Morgan fingerprint density at radius 1 is 1.50 bits per heavy atom. The van der Waals surface area contributed by atoms with E-state index in [0.717, 1.165) is 0 Å². The normalized spacial score (nSPS) is 10.1. The van der Waals surface area contributed by atoms with Crippen molar-refractivity contribution < 1.29 is 9.72 Å². The lowest BCUT2D eigenvalue weighted by Gasteiger charge is -2.04. The van der Waals surface area contributed by atoms with Crippen LogP contribution in [-0.4, -0.2) is 26.0 Å². The molecule has 1 heterocycles. The molecule has 0 saturated heterocycles. The average Bonchev–Trinajstić information content (AvgIpc) is 2.81. The van der Waals surface area contributed by atoms with E-state index in [9.17, 15) is 14.9 Å². The van der Waals surface area contributed by atoms with Crippen LogP contribution >= 0.6 is 15.9 Å². The molecule has 0 saturated carbocycles. The third-order valence-electron chi connectivity index (χ3n) is 2.07. The summed E-state index contributed by atoms with van der Waals surface area (Å²) in [4.78, 5) is 25.7. The molecule has 0 unspecified atom stereocenters. The Hall–Kier alpha value is -2.29. The number of carbonyl (C=O) groups excluding carboxylic acids is 1. The molecule has 1 aromatic heterocycles. The maximum Gasteiger partial charge on any atom is 0.284 e. The fraction of sp³-hybridized carbons (Fsp3) is 0. The van der Waals surface area contributed by atoms with Crippen LogP contribution in [0.4, 0.5) is 11.6 Å². The maximum absolute atomic E-state index is 11.9. The molecule has 2 N–H and O–H groups in total. The van der Waals surface area contributed by atoms with E-state index in [1.54, 1.807) is 0 Å². The minimum atomic E-state index is -0.574. The second-order valence-electron chi connectivity index (χ2n) is 3.18. The lowest BCUT2D eigenvalue weighted by molar-refractivity contribution is -0.385. The van der Waals surface area contributed by atoms with E-state index in [4.69, 9.17) is 0 Å². The van der Waals surface area contributed by atoms with Gasteiger partial charge in [0, 0.05) is 6.07 Å². The Morgan fingerprint density at radius 3 is 2.89 bits per heavy atom. The van der Waals surface area contributed by atoms with Crippen molar-refractivity contribution >= 4 is 33.5 Å². The highest BCUT2D eigenvalue weighted by molar-refractivity contribution is 9.10. The summed E-state index contributed by atoms with van der Waals surface area (Å²) in [6.45, 7) is 0. The smallest absolute Gasteiger partial charge is 0.284 e. The van der Waals surface area contributed by atoms with Crippen molar-refractivity contribution in [2.75, 3.05) is 5.32 Å². The predicted molar refractivity (Wildman–Crippen MR) is 65.1 cm³/mol. The second kappa shape index (κ2) is 4.92. The van der Waals surface area contributed by atoms with Crippen molar-refractivity contribution in [3.63, 3.8) is 0 Å². The minimum Gasteiger partial charge on any atom is -0.291 e. The van der Waals surface area contributed by atoms with E-state index < -0.39 is 10.8 Å². The summed E-state index contributed by atoms with van der Waals surface area (Å²) >= 11 is 3.04. The monoisotopic (exact) mass is 311 g/mol. The zero-order chi connectivity index (χ0) is 13.1. The molecule has 1 amide bonds. The van der Waals surface area contributed by atoms with Crippen LogP contribution in [0.3, 0.4) is 0 Å². The van der Waals surface area contributed by atoms with Crippen LogP contribution < -0.4 is 5.32 Å². The van der Waals surface area contributed by atoms with E-state index in [-0.39, 0.29) is 21.7 Å². The summed E-state index contributed by atoms with van der Waals surface area (Å²) in [5, 5.41) is 19.2. The van der Waals surface area contributed by atoms with Gasteiger partial charge in [0.05, 0.1) is 10.5 Å². The van der Waals surface area contributed by atoms with Gasteiger partial charge in [0.1, 0.15) is 10.8 Å². The molecule has 0 bridgehead atoms. The number of nitro benzene ring substituents is 1. The lowest BCUT2D eigenvalue weighted by atomic mass is 10.2. The Morgan fingerprint density at radius 2 is 2.28 bits per heavy atom. The summed E-state index contributed by atoms with van der Waals surface area (Å²) in [5.41, 5.74) is -0.0409. The van der Waals surface area contributed by atoms with Crippen molar-refractivity contribution in [3.8, 4) is 0 Å². The van der Waals surface area contributed by atoms with Gasteiger partial charge < -0.3 is 0 Å². The van der Waals surface area contributed by atoms with Crippen molar-refractivity contribution in [1.82, 2.24) is 15.2 Å². The van der Waals surface area contributed by atoms with Gasteiger partial charge in [-0.25, -0.2) is 5.10 Å². The van der Waals surface area contributed by atoms with E-state index in [1.807, 2.05) is 0 Å². The number of carbonyl (C=O) groups is 1. The number of halogens is 1. The molecule has 0 radical (unpaired) electrons. The molecular weight excluding hydrogens is 306 g/mol. The summed E-state index contributed by atoms with van der Waals surface area (Å²) in [6, 6.07) is 4.19. The van der Waals surface area contributed by atoms with Gasteiger partial charge in [-0.1, -0.05) is 6.07 Å². The first kappa shape index (κ1) is 12.2. The predicted octanol–water partition coefficient (Wildman–Crippen LogP) is 1.73. The van der Waals surface area contributed by atoms with E-state index in [2.05, 4.69) is 36.4 Å². The summed E-state index contributed by atoms with van der Waals surface area (Å²) in [5.74, 6) is -0.360. The van der Waals surface area contributed by atoms with Crippen molar-refractivity contribution in [2.45, 2.75) is 0 Å². The van der Waals surface area contributed by atoms with Gasteiger partial charge in [0.15, 0.2) is 0 Å². The fourth-order valence-electron chi connectivity index (χ4n) is 1.28. The molecule has 0 fully saturated rings. The van der Waals surface area contributed by atoms with Gasteiger partial charge in [0.2, 0.25) is 5.95 Å². The number of amides is 1. The first-order valence-electron chi connectivity index (χ1n) is 4.69. The number of rotatable bonds is 3. The Labute approximate surface area is 109 Å². The Kier molecular flexibility index (Phi) is 3.33. The molecule has 8 nitrogen and oxygen atoms in total. The number of hydrogen-bond donors (Lipinski definition) is 2. The number of aromatic nitrogens is 3. The van der Waals surface area contributed by atoms with Crippen LogP contribution in [0.1, 0.15) is 10.4 Å². The molecule has 0 atom stereocenters. The molecule has 1 aromatic carbocycles. The number of nitrogens with zero attached hydrogens (tertiary/aromatic N) is 3. The standard InChI is InChI=1S/C9H6BrN5O3/c10-7-5(2-1-3-6(7)15(17)18)8(16)13-9-11-4-12-14-9/h1-4H,(H2,11,12,13,14,16). The van der Waals surface area contributed by atoms with Gasteiger partial charge in [-0.05, 0) is 22.0 Å². The van der Waals surface area contributed by atoms with Gasteiger partial charge >= 0.3 is 0 Å². The van der Waals surface area contributed by atoms with Crippen molar-refractivity contribution in [3.05, 3.63) is 44.7 Å². The number of nitro groups is 1. The number of hydrogen-bond acceptors (Lipinski definition) is 5. The first-order chi connectivity index (χ1) is 8.59. The SMILES string of the molecule is O=C(Nc1ncn[nH]1)c1cccc([N+](=O)[O-])c1Br. The Balaban J connectivity index is 2.31. The zero-order valence-corrected chi connectivity index (χ0v) is 10.3. The molecule has 0 spiro atoms. The minimum absolute atomic E-state index is 0.118. The van der Waals surface area contributed by atoms with Gasteiger partial charge in [-0.3, -0.25) is 20.2 Å². The molecule has 92 valence electrons. The molecule has 2 aromatic rings. The number of nitrogens with one attached hydrogen (secondary N) is 2. The molecule has 0 aliphatic heterocycles. The first-order valence-corrected chi connectivity index (χ1v) is 5.48. The van der Waals surface area contributed by atoms with Gasteiger partial charge in [0.25, 0.3) is 11.6 Å². The maximum atomic E-state index is 11.9. The molecule has 2 rings (SSSR count). The van der Waals surface area contributed by atoms with Crippen molar-refractivity contribution in [1.29, 1.82) is 0 Å². The molecule has 0 aliphatic carbocycles. The lowest BCUT2D eigenvalue weighted by Crippen LogP contribution is -2.14. The van der Waals surface area contributed by atoms with Gasteiger partial charge in [-0.2, -0.15) is 10.1 Å². The molecule has 18 heavy (non-hydrogen) atoms. The van der Waals surface area contributed by atoms with Crippen LogP contribution in [0.15, 0.2) is 29.0 Å². The number of H-pyrrole nitrogens is 1.